The Morgan fingerprint density at radius 2 is 1.96 bits per heavy atom. The largest absolute Gasteiger partial charge is 0.441 e. The topological polar surface area (TPSA) is 76.4 Å². The highest BCUT2D eigenvalue weighted by Gasteiger charge is 2.10. The first-order valence-electron chi connectivity index (χ1n) is 7.62. The molecule has 124 valence electrons. The first kappa shape index (κ1) is 17.0. The summed E-state index contributed by atoms with van der Waals surface area (Å²) in [6, 6.07) is 7.04. The number of methoxy groups -OCH3 is 1. The van der Waals surface area contributed by atoms with Crippen LogP contribution in [0.25, 0.3) is 11.5 Å². The fourth-order valence-corrected chi connectivity index (χ4v) is 2.07. The third-order valence-electron chi connectivity index (χ3n) is 3.28. The first-order chi connectivity index (χ1) is 11.0. The standard InChI is InChI=1S/C17H23N3O3/c1-11(2)15-9-18-16(23-15)13-5-7-14(8-6-13)20-17(21)19-12(3)10-22-4/h5-9,11-12H,10H2,1-4H3,(H2,19,20,21). The Hall–Kier alpha value is -2.34. The van der Waals surface area contributed by atoms with Crippen LogP contribution in [0.15, 0.2) is 34.9 Å². The number of nitrogens with one attached hydrogen (secondary N) is 2. The highest BCUT2D eigenvalue weighted by atomic mass is 16.5. The van der Waals surface area contributed by atoms with E-state index in [-0.39, 0.29) is 12.1 Å². The quantitative estimate of drug-likeness (QED) is 0.853. The molecular weight excluding hydrogens is 294 g/mol. The second-order valence-electron chi connectivity index (χ2n) is 5.75. The summed E-state index contributed by atoms with van der Waals surface area (Å²) in [4.78, 5) is 16.1. The number of nitrogens with zero attached hydrogens (tertiary/aromatic N) is 1. The van der Waals surface area contributed by atoms with Crippen molar-refractivity contribution >= 4 is 11.7 Å². The van der Waals surface area contributed by atoms with E-state index in [9.17, 15) is 4.79 Å². The fraction of sp³-hybridized carbons (Fsp3) is 0.412. The summed E-state index contributed by atoms with van der Waals surface area (Å²) in [5.41, 5.74) is 1.57. The van der Waals surface area contributed by atoms with Gasteiger partial charge in [0.1, 0.15) is 5.76 Å². The highest BCUT2D eigenvalue weighted by Crippen LogP contribution is 2.24. The number of anilines is 1. The van der Waals surface area contributed by atoms with Crippen molar-refractivity contribution in [3.05, 3.63) is 36.2 Å². The lowest BCUT2D eigenvalue weighted by atomic mass is 10.2. The van der Waals surface area contributed by atoms with Crippen LogP contribution in [0.2, 0.25) is 0 Å². The first-order valence-corrected chi connectivity index (χ1v) is 7.62. The normalized spacial score (nSPS) is 12.2. The second-order valence-corrected chi connectivity index (χ2v) is 5.75. The van der Waals surface area contributed by atoms with Gasteiger partial charge in [0.15, 0.2) is 0 Å². The molecule has 2 aromatic rings. The third-order valence-corrected chi connectivity index (χ3v) is 3.28. The molecule has 0 aliphatic rings. The van der Waals surface area contributed by atoms with E-state index in [1.165, 1.54) is 0 Å². The molecule has 0 spiro atoms. The molecule has 2 rings (SSSR count). The molecule has 0 aliphatic carbocycles. The fourth-order valence-electron chi connectivity index (χ4n) is 2.07. The van der Waals surface area contributed by atoms with Crippen molar-refractivity contribution in [2.75, 3.05) is 19.0 Å². The minimum atomic E-state index is -0.263. The summed E-state index contributed by atoms with van der Waals surface area (Å²) in [7, 11) is 1.60. The van der Waals surface area contributed by atoms with Crippen molar-refractivity contribution in [2.24, 2.45) is 0 Å². The number of ether oxygens (including phenoxy) is 1. The van der Waals surface area contributed by atoms with Gasteiger partial charge in [-0.1, -0.05) is 13.8 Å². The number of urea groups is 1. The molecule has 0 saturated carbocycles. The average molecular weight is 317 g/mol. The van der Waals surface area contributed by atoms with Crippen molar-refractivity contribution in [3.8, 4) is 11.5 Å². The highest BCUT2D eigenvalue weighted by molar-refractivity contribution is 5.89. The van der Waals surface area contributed by atoms with E-state index in [0.29, 0.717) is 24.1 Å². The van der Waals surface area contributed by atoms with Gasteiger partial charge in [-0.2, -0.15) is 0 Å². The molecule has 1 aromatic carbocycles. The van der Waals surface area contributed by atoms with E-state index in [4.69, 9.17) is 9.15 Å². The molecule has 0 radical (unpaired) electrons. The summed E-state index contributed by atoms with van der Waals surface area (Å²) in [5, 5.41) is 5.56. The van der Waals surface area contributed by atoms with E-state index in [1.807, 2.05) is 31.2 Å². The van der Waals surface area contributed by atoms with Gasteiger partial charge < -0.3 is 19.8 Å². The molecular formula is C17H23N3O3. The summed E-state index contributed by atoms with van der Waals surface area (Å²) in [6.45, 7) is 6.46. The number of carbonyl (C=O) groups is 1. The van der Waals surface area contributed by atoms with Crippen molar-refractivity contribution in [3.63, 3.8) is 0 Å². The molecule has 23 heavy (non-hydrogen) atoms. The molecule has 0 aliphatic heterocycles. The molecule has 6 heteroatoms. The SMILES string of the molecule is COCC(C)NC(=O)Nc1ccc(-c2ncc(C(C)C)o2)cc1. The van der Waals surface area contributed by atoms with Gasteiger partial charge in [0, 0.05) is 24.3 Å². The Balaban J connectivity index is 1.97. The van der Waals surface area contributed by atoms with Crippen LogP contribution >= 0.6 is 0 Å². The number of amides is 2. The zero-order valence-corrected chi connectivity index (χ0v) is 13.9. The minimum Gasteiger partial charge on any atom is -0.441 e. The summed E-state index contributed by atoms with van der Waals surface area (Å²) in [6.07, 6.45) is 1.75. The number of hydrogen-bond donors (Lipinski definition) is 2. The number of rotatable bonds is 6. The average Bonchev–Trinajstić information content (AvgIpc) is 2.98. The lowest BCUT2D eigenvalue weighted by molar-refractivity contribution is 0.173. The Morgan fingerprint density at radius 1 is 1.26 bits per heavy atom. The second kappa shape index (κ2) is 7.78. The van der Waals surface area contributed by atoms with Gasteiger partial charge in [0.05, 0.1) is 18.8 Å². The molecule has 1 unspecified atom stereocenters. The smallest absolute Gasteiger partial charge is 0.319 e. The molecule has 2 N–H and O–H groups in total. The van der Waals surface area contributed by atoms with Crippen LogP contribution in [-0.2, 0) is 4.74 Å². The van der Waals surface area contributed by atoms with Gasteiger partial charge >= 0.3 is 6.03 Å². The maximum absolute atomic E-state index is 11.8. The number of carbonyl (C=O) groups excluding carboxylic acids is 1. The Bertz CT molecular complexity index is 635. The Morgan fingerprint density at radius 3 is 2.52 bits per heavy atom. The van der Waals surface area contributed by atoms with Crippen molar-refractivity contribution in [1.82, 2.24) is 10.3 Å². The number of oxazole rings is 1. The van der Waals surface area contributed by atoms with E-state index in [1.54, 1.807) is 13.3 Å². The van der Waals surface area contributed by atoms with Gasteiger partial charge in [-0.25, -0.2) is 9.78 Å². The number of aromatic nitrogens is 1. The molecule has 6 nitrogen and oxygen atoms in total. The third kappa shape index (κ3) is 4.82. The van der Waals surface area contributed by atoms with E-state index >= 15 is 0 Å². The molecule has 0 bridgehead atoms. The zero-order chi connectivity index (χ0) is 16.8. The van der Waals surface area contributed by atoms with Crippen LogP contribution in [0.1, 0.15) is 32.4 Å². The van der Waals surface area contributed by atoms with Crippen molar-refractivity contribution < 1.29 is 13.9 Å². The number of hydrogen-bond acceptors (Lipinski definition) is 4. The number of benzene rings is 1. The van der Waals surface area contributed by atoms with Crippen LogP contribution in [0.4, 0.5) is 10.5 Å². The van der Waals surface area contributed by atoms with Crippen molar-refractivity contribution in [2.45, 2.75) is 32.7 Å². The summed E-state index contributed by atoms with van der Waals surface area (Å²) >= 11 is 0. The predicted molar refractivity (Wildman–Crippen MR) is 89.5 cm³/mol. The summed E-state index contributed by atoms with van der Waals surface area (Å²) in [5.74, 6) is 1.74. The zero-order valence-electron chi connectivity index (χ0n) is 13.9. The predicted octanol–water partition coefficient (Wildman–Crippen LogP) is 3.62. The molecule has 1 aromatic heterocycles. The lowest BCUT2D eigenvalue weighted by Gasteiger charge is -2.13. The molecule has 0 fully saturated rings. The Labute approximate surface area is 136 Å². The van der Waals surface area contributed by atoms with Crippen LogP contribution in [0.3, 0.4) is 0 Å². The monoisotopic (exact) mass is 317 g/mol. The minimum absolute atomic E-state index is 0.0546. The van der Waals surface area contributed by atoms with Gasteiger partial charge in [-0.15, -0.1) is 0 Å². The van der Waals surface area contributed by atoms with Gasteiger partial charge in [-0.05, 0) is 31.2 Å². The van der Waals surface area contributed by atoms with Gasteiger partial charge in [-0.3, -0.25) is 0 Å². The molecule has 1 heterocycles. The van der Waals surface area contributed by atoms with E-state index < -0.39 is 0 Å². The van der Waals surface area contributed by atoms with Gasteiger partial charge in [0.2, 0.25) is 5.89 Å². The van der Waals surface area contributed by atoms with Crippen LogP contribution in [-0.4, -0.2) is 30.8 Å². The summed E-state index contributed by atoms with van der Waals surface area (Å²) < 4.78 is 10.7. The molecule has 0 saturated heterocycles. The van der Waals surface area contributed by atoms with Crippen LogP contribution in [0, 0.1) is 0 Å². The van der Waals surface area contributed by atoms with E-state index in [2.05, 4.69) is 29.5 Å². The van der Waals surface area contributed by atoms with Gasteiger partial charge in [0.25, 0.3) is 0 Å². The lowest BCUT2D eigenvalue weighted by Crippen LogP contribution is -2.38. The molecule has 1 atom stereocenters. The van der Waals surface area contributed by atoms with E-state index in [0.717, 1.165) is 11.3 Å². The van der Waals surface area contributed by atoms with Crippen LogP contribution in [0.5, 0.6) is 0 Å². The van der Waals surface area contributed by atoms with Crippen molar-refractivity contribution in [1.29, 1.82) is 0 Å². The maximum Gasteiger partial charge on any atom is 0.319 e. The Kier molecular flexibility index (Phi) is 5.76. The van der Waals surface area contributed by atoms with Crippen LogP contribution < -0.4 is 10.6 Å². The molecule has 2 amide bonds. The maximum atomic E-state index is 11.8.